The van der Waals surface area contributed by atoms with E-state index in [0.29, 0.717) is 45.1 Å². The number of nitrogens with zero attached hydrogens (tertiary/aromatic N) is 4. The Bertz CT molecular complexity index is 827. The first kappa shape index (κ1) is 20.5. The number of amides is 3. The van der Waals surface area contributed by atoms with Crippen LogP contribution in [0.1, 0.15) is 12.5 Å². The molecule has 29 heavy (non-hydrogen) atoms. The van der Waals surface area contributed by atoms with Crippen LogP contribution < -0.4 is 15.5 Å². The summed E-state index contributed by atoms with van der Waals surface area (Å²) in [6.45, 7) is 4.33. The fourth-order valence-corrected chi connectivity index (χ4v) is 3.08. The molecule has 3 amide bonds. The number of piperazine rings is 1. The van der Waals surface area contributed by atoms with Crippen molar-refractivity contribution < 1.29 is 14.0 Å². The summed E-state index contributed by atoms with van der Waals surface area (Å²) in [5.41, 5.74) is 0.808. The van der Waals surface area contributed by atoms with Crippen molar-refractivity contribution >= 4 is 17.9 Å². The summed E-state index contributed by atoms with van der Waals surface area (Å²) in [4.78, 5) is 36.8. The van der Waals surface area contributed by atoms with Gasteiger partial charge in [-0.15, -0.1) is 0 Å². The molecule has 9 heteroatoms. The Hall–Kier alpha value is -3.23. The number of nitrogens with one attached hydrogen (secondary N) is 2. The number of hydrogen-bond acceptors (Lipinski definition) is 5. The smallest absolute Gasteiger partial charge is 0.318 e. The molecule has 1 fully saturated rings. The van der Waals surface area contributed by atoms with Gasteiger partial charge in [-0.1, -0.05) is 12.1 Å². The maximum Gasteiger partial charge on any atom is 0.318 e. The van der Waals surface area contributed by atoms with Gasteiger partial charge in [-0.3, -0.25) is 4.79 Å². The van der Waals surface area contributed by atoms with Crippen molar-refractivity contribution in [3.8, 4) is 0 Å². The van der Waals surface area contributed by atoms with Crippen LogP contribution in [0.25, 0.3) is 0 Å². The fourth-order valence-electron chi connectivity index (χ4n) is 3.08. The third-order valence-corrected chi connectivity index (χ3v) is 4.74. The van der Waals surface area contributed by atoms with Gasteiger partial charge >= 0.3 is 6.03 Å². The molecule has 1 aromatic carbocycles. The molecule has 0 bridgehead atoms. The fraction of sp³-hybridized carbons (Fsp3) is 0.400. The van der Waals surface area contributed by atoms with Gasteiger partial charge in [0, 0.05) is 45.1 Å². The van der Waals surface area contributed by atoms with Gasteiger partial charge < -0.3 is 20.4 Å². The van der Waals surface area contributed by atoms with Gasteiger partial charge in [0.15, 0.2) is 0 Å². The number of rotatable bonds is 6. The lowest BCUT2D eigenvalue weighted by Gasteiger charge is -2.35. The topological polar surface area (TPSA) is 90.5 Å². The van der Waals surface area contributed by atoms with E-state index in [4.69, 9.17) is 0 Å². The van der Waals surface area contributed by atoms with Crippen LogP contribution >= 0.6 is 0 Å². The molecule has 0 aliphatic carbocycles. The number of benzene rings is 1. The van der Waals surface area contributed by atoms with E-state index in [-0.39, 0.29) is 17.8 Å². The highest BCUT2D eigenvalue weighted by atomic mass is 19.1. The van der Waals surface area contributed by atoms with Gasteiger partial charge in [0.25, 0.3) is 0 Å². The van der Waals surface area contributed by atoms with E-state index < -0.39 is 6.04 Å². The average Bonchev–Trinajstić information content (AvgIpc) is 2.74. The quantitative estimate of drug-likeness (QED) is 0.760. The van der Waals surface area contributed by atoms with Crippen LogP contribution in [0.3, 0.4) is 0 Å². The molecular formula is C20H25FN6O2. The summed E-state index contributed by atoms with van der Waals surface area (Å²) in [5, 5.41) is 5.49. The van der Waals surface area contributed by atoms with Crippen LogP contribution in [0, 0.1) is 5.82 Å². The standard InChI is InChI=1S/C20H25FN6O2/c1-15(18(28)22-9-6-16-4-2-5-17(21)14-16)25-20(29)27-12-10-26(11-13-27)19-23-7-3-8-24-19/h2-5,7-8,14-15H,6,9-13H2,1H3,(H,22,28)(H,25,29)/t15-/m1/s1. The molecule has 0 saturated carbocycles. The molecule has 2 heterocycles. The number of anilines is 1. The normalized spacial score (nSPS) is 15.0. The Morgan fingerprint density at radius 3 is 2.55 bits per heavy atom. The lowest BCUT2D eigenvalue weighted by atomic mass is 10.1. The Balaban J connectivity index is 1.39. The summed E-state index contributed by atoms with van der Waals surface area (Å²) in [7, 11) is 0. The van der Waals surface area contributed by atoms with E-state index in [0.717, 1.165) is 5.56 Å². The van der Waals surface area contributed by atoms with Crippen molar-refractivity contribution in [2.45, 2.75) is 19.4 Å². The molecule has 1 atom stereocenters. The molecule has 1 aliphatic rings. The van der Waals surface area contributed by atoms with Gasteiger partial charge in [-0.2, -0.15) is 0 Å². The molecule has 0 spiro atoms. The number of carbonyl (C=O) groups excluding carboxylic acids is 2. The largest absolute Gasteiger partial charge is 0.354 e. The lowest BCUT2D eigenvalue weighted by Crippen LogP contribution is -2.55. The Kier molecular flexibility index (Phi) is 6.94. The van der Waals surface area contributed by atoms with Crippen molar-refractivity contribution in [3.63, 3.8) is 0 Å². The van der Waals surface area contributed by atoms with E-state index in [1.54, 1.807) is 42.4 Å². The molecule has 3 rings (SSSR count). The Labute approximate surface area is 169 Å². The van der Waals surface area contributed by atoms with Crippen LogP contribution in [0.15, 0.2) is 42.7 Å². The highest BCUT2D eigenvalue weighted by molar-refractivity contribution is 5.86. The Morgan fingerprint density at radius 1 is 1.14 bits per heavy atom. The first-order valence-electron chi connectivity index (χ1n) is 9.62. The zero-order valence-corrected chi connectivity index (χ0v) is 16.3. The van der Waals surface area contributed by atoms with Crippen LogP contribution in [0.5, 0.6) is 0 Å². The predicted octanol–water partition coefficient (Wildman–Crippen LogP) is 1.19. The monoisotopic (exact) mass is 400 g/mol. The number of carbonyl (C=O) groups is 2. The van der Waals surface area contributed by atoms with E-state index in [1.165, 1.54) is 12.1 Å². The van der Waals surface area contributed by atoms with Gasteiger partial charge in [-0.05, 0) is 37.1 Å². The van der Waals surface area contributed by atoms with E-state index >= 15 is 0 Å². The zero-order valence-electron chi connectivity index (χ0n) is 16.3. The molecule has 2 N–H and O–H groups in total. The van der Waals surface area contributed by atoms with Gasteiger partial charge in [0.2, 0.25) is 11.9 Å². The lowest BCUT2D eigenvalue weighted by molar-refractivity contribution is -0.122. The number of aromatic nitrogens is 2. The molecule has 1 aromatic heterocycles. The summed E-state index contributed by atoms with van der Waals surface area (Å²) in [6, 6.07) is 7.10. The van der Waals surface area contributed by atoms with E-state index in [1.807, 2.05) is 4.90 Å². The minimum Gasteiger partial charge on any atom is -0.354 e. The molecular weight excluding hydrogens is 375 g/mol. The molecule has 1 saturated heterocycles. The van der Waals surface area contributed by atoms with Crippen LogP contribution in [-0.4, -0.2) is 65.6 Å². The second kappa shape index (κ2) is 9.81. The predicted molar refractivity (Wildman–Crippen MR) is 107 cm³/mol. The number of hydrogen-bond donors (Lipinski definition) is 2. The minimum absolute atomic E-state index is 0.272. The highest BCUT2D eigenvalue weighted by Crippen LogP contribution is 2.10. The third kappa shape index (κ3) is 5.87. The highest BCUT2D eigenvalue weighted by Gasteiger charge is 2.24. The van der Waals surface area contributed by atoms with E-state index in [2.05, 4.69) is 20.6 Å². The van der Waals surface area contributed by atoms with Crippen molar-refractivity contribution in [1.82, 2.24) is 25.5 Å². The number of urea groups is 1. The van der Waals surface area contributed by atoms with Crippen molar-refractivity contribution in [1.29, 1.82) is 0 Å². The maximum absolute atomic E-state index is 13.2. The van der Waals surface area contributed by atoms with Gasteiger partial charge in [0.05, 0.1) is 0 Å². The zero-order chi connectivity index (χ0) is 20.6. The first-order valence-corrected chi connectivity index (χ1v) is 9.62. The van der Waals surface area contributed by atoms with Crippen LogP contribution in [0.4, 0.5) is 15.1 Å². The molecule has 8 nitrogen and oxygen atoms in total. The maximum atomic E-state index is 13.2. The van der Waals surface area contributed by atoms with Crippen molar-refractivity contribution in [2.75, 3.05) is 37.6 Å². The summed E-state index contributed by atoms with van der Waals surface area (Å²) >= 11 is 0. The van der Waals surface area contributed by atoms with Crippen LogP contribution in [-0.2, 0) is 11.2 Å². The molecule has 1 aliphatic heterocycles. The van der Waals surface area contributed by atoms with Gasteiger partial charge in [-0.25, -0.2) is 19.2 Å². The SMILES string of the molecule is C[C@@H](NC(=O)N1CCN(c2ncccn2)CC1)C(=O)NCCc1cccc(F)c1. The molecule has 0 radical (unpaired) electrons. The molecule has 2 aromatic rings. The second-order valence-corrected chi connectivity index (χ2v) is 6.87. The Morgan fingerprint density at radius 2 is 1.86 bits per heavy atom. The molecule has 0 unspecified atom stereocenters. The molecule has 154 valence electrons. The van der Waals surface area contributed by atoms with Crippen LogP contribution in [0.2, 0.25) is 0 Å². The summed E-state index contributed by atoms with van der Waals surface area (Å²) in [6.07, 6.45) is 3.90. The summed E-state index contributed by atoms with van der Waals surface area (Å²) < 4.78 is 13.2. The van der Waals surface area contributed by atoms with Crippen molar-refractivity contribution in [2.24, 2.45) is 0 Å². The average molecular weight is 400 g/mol. The second-order valence-electron chi connectivity index (χ2n) is 6.87. The summed E-state index contributed by atoms with van der Waals surface area (Å²) in [5.74, 6) is 0.0815. The van der Waals surface area contributed by atoms with Gasteiger partial charge in [0.1, 0.15) is 11.9 Å². The number of halogens is 1. The van der Waals surface area contributed by atoms with Crippen molar-refractivity contribution in [3.05, 3.63) is 54.1 Å². The first-order chi connectivity index (χ1) is 14.0. The van der Waals surface area contributed by atoms with E-state index in [9.17, 15) is 14.0 Å². The minimum atomic E-state index is -0.662. The third-order valence-electron chi connectivity index (χ3n) is 4.74.